The molecule has 2 atom stereocenters. The highest BCUT2D eigenvalue weighted by Gasteiger charge is 2.22. The van der Waals surface area contributed by atoms with Crippen LogP contribution in [0.2, 0.25) is 0 Å². The van der Waals surface area contributed by atoms with E-state index in [1.54, 1.807) is 0 Å². The van der Waals surface area contributed by atoms with Gasteiger partial charge >= 0.3 is 0 Å². The number of morpholine rings is 1. The van der Waals surface area contributed by atoms with Crippen LogP contribution in [0.3, 0.4) is 0 Å². The van der Waals surface area contributed by atoms with Crippen LogP contribution in [-0.4, -0.2) is 49.5 Å². The molecule has 1 aliphatic rings. The van der Waals surface area contributed by atoms with Gasteiger partial charge in [-0.1, -0.05) is 0 Å². The minimum atomic E-state index is 0.353. The van der Waals surface area contributed by atoms with Crippen molar-refractivity contribution in [3.8, 4) is 0 Å². The predicted octanol–water partition coefficient (Wildman–Crippen LogP) is 1.91. The molecule has 0 radical (unpaired) electrons. The molecule has 0 aromatic heterocycles. The topological polar surface area (TPSA) is 21.7 Å². The Kier molecular flexibility index (Phi) is 5.58. The molecule has 0 aromatic rings. The minimum absolute atomic E-state index is 0.353. The molecule has 90 valence electrons. The lowest BCUT2D eigenvalue weighted by Gasteiger charge is -2.36. The standard InChI is InChI=1S/C12H25NO2/c1-10(2)14-7-5-6-13-8-12(4)15-9-11(13)3/h10-12H,5-9H2,1-4H3/t11-,12-/m0/s1. The van der Waals surface area contributed by atoms with Crippen LogP contribution < -0.4 is 0 Å². The molecule has 1 aliphatic heterocycles. The largest absolute Gasteiger partial charge is 0.379 e. The van der Waals surface area contributed by atoms with Gasteiger partial charge in [0, 0.05) is 25.7 Å². The maximum atomic E-state index is 5.59. The summed E-state index contributed by atoms with van der Waals surface area (Å²) in [5, 5.41) is 0. The minimum Gasteiger partial charge on any atom is -0.379 e. The highest BCUT2D eigenvalue weighted by atomic mass is 16.5. The van der Waals surface area contributed by atoms with Crippen LogP contribution in [0.5, 0.6) is 0 Å². The van der Waals surface area contributed by atoms with E-state index < -0.39 is 0 Å². The van der Waals surface area contributed by atoms with Crippen LogP contribution in [0.4, 0.5) is 0 Å². The molecular formula is C12H25NO2. The lowest BCUT2D eigenvalue weighted by Crippen LogP contribution is -2.47. The van der Waals surface area contributed by atoms with Crippen LogP contribution in [0.15, 0.2) is 0 Å². The zero-order chi connectivity index (χ0) is 11.3. The normalized spacial score (nSPS) is 28.6. The van der Waals surface area contributed by atoms with E-state index in [1.165, 1.54) is 0 Å². The van der Waals surface area contributed by atoms with Crippen molar-refractivity contribution >= 4 is 0 Å². The fourth-order valence-electron chi connectivity index (χ4n) is 1.87. The van der Waals surface area contributed by atoms with Crippen molar-refractivity contribution in [2.45, 2.75) is 52.4 Å². The number of rotatable bonds is 5. The molecule has 0 spiro atoms. The second-order valence-corrected chi connectivity index (χ2v) is 4.76. The van der Waals surface area contributed by atoms with Crippen molar-refractivity contribution in [3.05, 3.63) is 0 Å². The van der Waals surface area contributed by atoms with Crippen molar-refractivity contribution in [1.29, 1.82) is 0 Å². The summed E-state index contributed by atoms with van der Waals surface area (Å²) in [4.78, 5) is 2.50. The molecule has 1 rings (SSSR count). The summed E-state index contributed by atoms with van der Waals surface area (Å²) in [5.41, 5.74) is 0. The van der Waals surface area contributed by atoms with E-state index in [9.17, 15) is 0 Å². The first-order chi connectivity index (χ1) is 7.09. The SMILES string of the molecule is CC(C)OCCCN1C[C@H](C)OC[C@@H]1C. The van der Waals surface area contributed by atoms with E-state index in [0.717, 1.165) is 32.7 Å². The third-order valence-corrected chi connectivity index (χ3v) is 2.78. The Morgan fingerprint density at radius 1 is 1.40 bits per heavy atom. The summed E-state index contributed by atoms with van der Waals surface area (Å²) in [6.07, 6.45) is 1.85. The van der Waals surface area contributed by atoms with Gasteiger partial charge in [0.1, 0.15) is 0 Å². The second kappa shape index (κ2) is 6.46. The van der Waals surface area contributed by atoms with Crippen molar-refractivity contribution in [2.24, 2.45) is 0 Å². The Morgan fingerprint density at radius 3 is 2.80 bits per heavy atom. The number of hydrogen-bond acceptors (Lipinski definition) is 3. The van der Waals surface area contributed by atoms with E-state index in [4.69, 9.17) is 9.47 Å². The summed E-state index contributed by atoms with van der Waals surface area (Å²) < 4.78 is 11.1. The summed E-state index contributed by atoms with van der Waals surface area (Å²) in [6.45, 7) is 12.5. The lowest BCUT2D eigenvalue weighted by atomic mass is 10.2. The molecule has 0 bridgehead atoms. The van der Waals surface area contributed by atoms with E-state index in [1.807, 2.05) is 0 Å². The van der Waals surface area contributed by atoms with Crippen LogP contribution in [0.1, 0.15) is 34.1 Å². The van der Waals surface area contributed by atoms with Gasteiger partial charge in [-0.15, -0.1) is 0 Å². The molecular weight excluding hydrogens is 190 g/mol. The summed E-state index contributed by atoms with van der Waals surface area (Å²) >= 11 is 0. The predicted molar refractivity (Wildman–Crippen MR) is 62.2 cm³/mol. The van der Waals surface area contributed by atoms with Crippen LogP contribution in [0, 0.1) is 0 Å². The molecule has 0 amide bonds. The number of ether oxygens (including phenoxy) is 2. The van der Waals surface area contributed by atoms with Crippen LogP contribution in [-0.2, 0) is 9.47 Å². The zero-order valence-corrected chi connectivity index (χ0v) is 10.5. The molecule has 3 nitrogen and oxygen atoms in total. The maximum absolute atomic E-state index is 5.59. The van der Waals surface area contributed by atoms with Crippen molar-refractivity contribution < 1.29 is 9.47 Å². The van der Waals surface area contributed by atoms with Gasteiger partial charge in [-0.05, 0) is 34.1 Å². The van der Waals surface area contributed by atoms with Gasteiger partial charge in [-0.3, -0.25) is 4.90 Å². The van der Waals surface area contributed by atoms with Gasteiger partial charge in [0.25, 0.3) is 0 Å². The third kappa shape index (κ3) is 4.96. The maximum Gasteiger partial charge on any atom is 0.0674 e. The van der Waals surface area contributed by atoms with E-state index >= 15 is 0 Å². The van der Waals surface area contributed by atoms with Gasteiger partial charge in [-0.2, -0.15) is 0 Å². The molecule has 1 fully saturated rings. The van der Waals surface area contributed by atoms with Gasteiger partial charge in [-0.25, -0.2) is 0 Å². The van der Waals surface area contributed by atoms with Gasteiger partial charge in [0.05, 0.1) is 18.8 Å². The average Bonchev–Trinajstić information content (AvgIpc) is 2.17. The smallest absolute Gasteiger partial charge is 0.0674 e. The molecule has 1 saturated heterocycles. The molecule has 0 saturated carbocycles. The van der Waals surface area contributed by atoms with Crippen LogP contribution in [0.25, 0.3) is 0 Å². The molecule has 3 heteroatoms. The Balaban J connectivity index is 2.13. The van der Waals surface area contributed by atoms with E-state index in [-0.39, 0.29) is 0 Å². The van der Waals surface area contributed by atoms with E-state index in [0.29, 0.717) is 18.2 Å². The summed E-state index contributed by atoms with van der Waals surface area (Å²) in [7, 11) is 0. The van der Waals surface area contributed by atoms with Crippen molar-refractivity contribution in [2.75, 3.05) is 26.3 Å². The Morgan fingerprint density at radius 2 is 2.13 bits per heavy atom. The van der Waals surface area contributed by atoms with Crippen LogP contribution >= 0.6 is 0 Å². The first kappa shape index (κ1) is 12.9. The van der Waals surface area contributed by atoms with Crippen molar-refractivity contribution in [3.63, 3.8) is 0 Å². The Hall–Kier alpha value is -0.120. The first-order valence-corrected chi connectivity index (χ1v) is 6.07. The van der Waals surface area contributed by atoms with Gasteiger partial charge < -0.3 is 9.47 Å². The molecule has 1 heterocycles. The molecule has 0 N–H and O–H groups in total. The molecule has 0 aliphatic carbocycles. The monoisotopic (exact) mass is 215 g/mol. The highest BCUT2D eigenvalue weighted by molar-refractivity contribution is 4.74. The lowest BCUT2D eigenvalue weighted by molar-refractivity contribution is -0.0523. The zero-order valence-electron chi connectivity index (χ0n) is 10.5. The number of nitrogens with zero attached hydrogens (tertiary/aromatic N) is 1. The van der Waals surface area contributed by atoms with Crippen molar-refractivity contribution in [1.82, 2.24) is 4.90 Å². The highest BCUT2D eigenvalue weighted by Crippen LogP contribution is 2.11. The Labute approximate surface area is 93.7 Å². The van der Waals surface area contributed by atoms with Gasteiger partial charge in [0.15, 0.2) is 0 Å². The summed E-state index contributed by atoms with van der Waals surface area (Å²) in [5.74, 6) is 0. The average molecular weight is 215 g/mol. The second-order valence-electron chi connectivity index (χ2n) is 4.76. The quantitative estimate of drug-likeness (QED) is 0.654. The van der Waals surface area contributed by atoms with E-state index in [2.05, 4.69) is 32.6 Å². The first-order valence-electron chi connectivity index (χ1n) is 6.07. The third-order valence-electron chi connectivity index (χ3n) is 2.78. The fraction of sp³-hybridized carbons (Fsp3) is 1.00. The van der Waals surface area contributed by atoms with Gasteiger partial charge in [0.2, 0.25) is 0 Å². The number of hydrogen-bond donors (Lipinski definition) is 0. The molecule has 0 unspecified atom stereocenters. The molecule has 0 aromatic carbocycles. The summed E-state index contributed by atoms with van der Waals surface area (Å²) in [6, 6.07) is 0.556. The molecule has 15 heavy (non-hydrogen) atoms. The Bertz CT molecular complexity index is 173. The fourth-order valence-corrected chi connectivity index (χ4v) is 1.87.